The van der Waals surface area contributed by atoms with E-state index in [1.807, 2.05) is 20.3 Å². The molecule has 4 heteroatoms. The van der Waals surface area contributed by atoms with Crippen LogP contribution in [0.5, 0.6) is 0 Å². The predicted octanol–water partition coefficient (Wildman–Crippen LogP) is 2.72. The van der Waals surface area contributed by atoms with Crippen LogP contribution >= 0.6 is 30.3 Å². The molecule has 0 aliphatic heterocycles. The van der Waals surface area contributed by atoms with Crippen molar-refractivity contribution >= 4 is 41.3 Å². The van der Waals surface area contributed by atoms with E-state index in [1.165, 1.54) is 11.5 Å². The van der Waals surface area contributed by atoms with Crippen LogP contribution in [0, 0.1) is 0 Å². The van der Waals surface area contributed by atoms with E-state index in [9.17, 15) is 0 Å². The van der Waals surface area contributed by atoms with Gasteiger partial charge in [0.25, 0.3) is 0 Å². The first-order chi connectivity index (χ1) is 3.81. The van der Waals surface area contributed by atoms with E-state index in [-0.39, 0.29) is 0 Å². The standard InChI is InChI=1S/2C2H6S.Al.ClH/c2*1-2-3;;/h2*3H,2H2,1H3;;1H/q;;+3;/p-3. The second kappa shape index (κ2) is 6.64. The molecule has 0 rings (SSSR count). The zero-order valence-corrected chi connectivity index (χ0v) is 8.73. The number of halogens is 1. The molecule has 0 amide bonds. The second-order valence-electron chi connectivity index (χ2n) is 1.19. The lowest BCUT2D eigenvalue weighted by Crippen LogP contribution is -1.91. The molecule has 0 nitrogen and oxygen atoms in total. The summed E-state index contributed by atoms with van der Waals surface area (Å²) in [5.74, 6) is 2.35. The fourth-order valence-electron chi connectivity index (χ4n) is 0.310. The highest BCUT2D eigenvalue weighted by Gasteiger charge is 2.13. The Bertz CT molecular complexity index is 47.3. The van der Waals surface area contributed by atoms with Crippen LogP contribution in [0.2, 0.25) is 0 Å². The Hall–Kier alpha value is 1.52. The molecule has 0 fully saturated rings. The first-order valence-electron chi connectivity index (χ1n) is 2.68. The van der Waals surface area contributed by atoms with Gasteiger partial charge in [0.1, 0.15) is 0 Å². The first-order valence-corrected chi connectivity index (χ1v) is 9.35. The van der Waals surface area contributed by atoms with Crippen LogP contribution in [0.15, 0.2) is 0 Å². The van der Waals surface area contributed by atoms with Crippen molar-refractivity contribution in [1.82, 2.24) is 0 Å². The van der Waals surface area contributed by atoms with Crippen LogP contribution in [0.1, 0.15) is 13.8 Å². The normalized spacial score (nSPS) is 9.38. The third-order valence-corrected chi connectivity index (χ3v) is 10.1. The molecule has 48 valence electrons. The van der Waals surface area contributed by atoms with Gasteiger partial charge >= 0.3 is 11.0 Å². The monoisotopic (exact) mass is 184 g/mol. The molecule has 0 spiro atoms. The molecule has 0 aromatic heterocycles. The molecule has 0 unspecified atom stereocenters. The van der Waals surface area contributed by atoms with E-state index in [1.54, 1.807) is 0 Å². The molecule has 0 saturated heterocycles. The van der Waals surface area contributed by atoms with E-state index in [0.717, 1.165) is 0 Å². The van der Waals surface area contributed by atoms with Crippen molar-refractivity contribution in [3.63, 3.8) is 0 Å². The van der Waals surface area contributed by atoms with E-state index in [4.69, 9.17) is 10.0 Å². The van der Waals surface area contributed by atoms with Crippen molar-refractivity contribution in [3.05, 3.63) is 0 Å². The van der Waals surface area contributed by atoms with Gasteiger partial charge in [0.15, 0.2) is 0 Å². The van der Waals surface area contributed by atoms with Gasteiger partial charge < -0.3 is 0 Å². The first kappa shape index (κ1) is 9.52. The molecule has 0 aromatic carbocycles. The Morgan fingerprint density at radius 3 is 1.88 bits per heavy atom. The maximum atomic E-state index is 5.95. The van der Waals surface area contributed by atoms with Crippen molar-refractivity contribution in [2.24, 2.45) is 0 Å². The van der Waals surface area contributed by atoms with Gasteiger partial charge in [-0.2, -0.15) is 0 Å². The Balaban J connectivity index is 2.92. The quantitative estimate of drug-likeness (QED) is 0.617. The lowest BCUT2D eigenvalue weighted by Gasteiger charge is -1.96. The molecule has 0 bridgehead atoms. The van der Waals surface area contributed by atoms with Gasteiger partial charge in [-0.05, 0) is 11.5 Å². The average molecular weight is 185 g/mol. The van der Waals surface area contributed by atoms with Crippen molar-refractivity contribution < 1.29 is 0 Å². The molecular weight excluding hydrogens is 175 g/mol. The van der Waals surface area contributed by atoms with E-state index < -0.39 is 11.0 Å². The summed E-state index contributed by atoms with van der Waals surface area (Å²) in [5.41, 5.74) is 0. The zero-order valence-electron chi connectivity index (χ0n) is 5.19. The maximum Gasteiger partial charge on any atom is 0.557 e. The van der Waals surface area contributed by atoms with Gasteiger partial charge in [-0.25, -0.2) is 30.3 Å². The maximum absolute atomic E-state index is 5.95. The predicted molar refractivity (Wildman–Crippen MR) is 47.9 cm³/mol. The van der Waals surface area contributed by atoms with Gasteiger partial charge in [0.2, 0.25) is 0 Å². The molecule has 0 aliphatic carbocycles. The number of rotatable bonds is 4. The summed E-state index contributed by atoms with van der Waals surface area (Å²) in [5, 5.41) is 0. The highest BCUT2D eigenvalue weighted by atomic mass is 35.6. The fraction of sp³-hybridized carbons (Fsp3) is 1.00. The highest BCUT2D eigenvalue weighted by Crippen LogP contribution is 2.21. The summed E-state index contributed by atoms with van der Waals surface area (Å²) >= 11 is 0. The van der Waals surface area contributed by atoms with Crippen LogP contribution in [-0.2, 0) is 0 Å². The molecule has 0 radical (unpaired) electrons. The smallest absolute Gasteiger partial charge is 0.226 e. The minimum absolute atomic E-state index is 0.897. The Kier molecular flexibility index (Phi) is 7.90. The lowest BCUT2D eigenvalue weighted by molar-refractivity contribution is 1.54. The van der Waals surface area contributed by atoms with Crippen LogP contribution < -0.4 is 0 Å². The molecule has 0 heterocycles. The van der Waals surface area contributed by atoms with Crippen LogP contribution in [-0.4, -0.2) is 22.5 Å². The molecule has 8 heavy (non-hydrogen) atoms. The van der Waals surface area contributed by atoms with Crippen molar-refractivity contribution in [2.45, 2.75) is 13.8 Å². The van der Waals surface area contributed by atoms with Crippen molar-refractivity contribution in [3.8, 4) is 0 Å². The summed E-state index contributed by atoms with van der Waals surface area (Å²) in [7, 11) is 8.90. The summed E-state index contributed by atoms with van der Waals surface area (Å²) in [4.78, 5) is 0. The van der Waals surface area contributed by atoms with Crippen LogP contribution in [0.3, 0.4) is 0 Å². The SMILES string of the molecule is CC[S][Al]([Cl])[S]CC. The largest absolute Gasteiger partial charge is 0.557 e. The summed E-state index contributed by atoms with van der Waals surface area (Å²) in [6, 6.07) is 0. The highest BCUT2D eigenvalue weighted by molar-refractivity contribution is 8.58. The molecule has 0 aromatic rings. The summed E-state index contributed by atoms with van der Waals surface area (Å²) in [6.45, 7) is 4.31. The van der Waals surface area contributed by atoms with Gasteiger partial charge in [-0.3, -0.25) is 0 Å². The van der Waals surface area contributed by atoms with Gasteiger partial charge in [-0.1, -0.05) is 13.8 Å². The zero-order chi connectivity index (χ0) is 6.41. The van der Waals surface area contributed by atoms with Gasteiger partial charge in [-0.15, -0.1) is 0 Å². The summed E-state index contributed by atoms with van der Waals surface area (Å²) in [6.07, 6.45) is 0. The van der Waals surface area contributed by atoms with Crippen molar-refractivity contribution in [1.29, 1.82) is 0 Å². The van der Waals surface area contributed by atoms with E-state index in [0.29, 0.717) is 0 Å². The summed E-state index contributed by atoms with van der Waals surface area (Å²) < 4.78 is 0. The van der Waals surface area contributed by atoms with E-state index in [2.05, 4.69) is 13.8 Å². The number of hydrogen-bond acceptors (Lipinski definition) is 2. The number of hydrogen-bond donors (Lipinski definition) is 0. The third kappa shape index (κ3) is 5.66. The van der Waals surface area contributed by atoms with Crippen molar-refractivity contribution in [2.75, 3.05) is 11.5 Å². The Morgan fingerprint density at radius 2 is 1.62 bits per heavy atom. The topological polar surface area (TPSA) is 0 Å². The average Bonchev–Trinajstić information content (AvgIpc) is 1.68. The van der Waals surface area contributed by atoms with Crippen LogP contribution in [0.25, 0.3) is 0 Å². The third-order valence-electron chi connectivity index (χ3n) is 0.595. The Labute approximate surface area is 66.4 Å². The minimum Gasteiger partial charge on any atom is -0.226 e. The van der Waals surface area contributed by atoms with Crippen LogP contribution in [0.4, 0.5) is 0 Å². The molecule has 0 saturated carbocycles. The molecular formula is C4H10AlClS2. The molecule has 0 atom stereocenters. The molecule has 0 aliphatic rings. The second-order valence-corrected chi connectivity index (χ2v) is 12.1. The van der Waals surface area contributed by atoms with E-state index >= 15 is 0 Å². The van der Waals surface area contributed by atoms with Gasteiger partial charge in [0, 0.05) is 0 Å². The lowest BCUT2D eigenvalue weighted by atomic mass is 11.0. The van der Waals surface area contributed by atoms with Gasteiger partial charge in [0.05, 0.1) is 0 Å². The fourth-order valence-corrected chi connectivity index (χ4v) is 8.37. The minimum atomic E-state index is -0.897. The Morgan fingerprint density at radius 1 is 1.25 bits per heavy atom. The molecule has 0 N–H and O–H groups in total.